The first kappa shape index (κ1) is 15.9. The summed E-state index contributed by atoms with van der Waals surface area (Å²) >= 11 is 5.91. The van der Waals surface area contributed by atoms with Crippen LogP contribution < -0.4 is 15.6 Å². The molecule has 0 heterocycles. The Balaban J connectivity index is 1.82. The van der Waals surface area contributed by atoms with Crippen molar-refractivity contribution in [3.63, 3.8) is 0 Å². The Hall–Kier alpha value is -2.53. The molecule has 0 aliphatic heterocycles. The van der Waals surface area contributed by atoms with E-state index in [-0.39, 0.29) is 12.5 Å². The van der Waals surface area contributed by atoms with Crippen LogP contribution in [0.2, 0.25) is 5.02 Å². The first-order valence-corrected chi connectivity index (χ1v) is 6.98. The van der Waals surface area contributed by atoms with Crippen molar-refractivity contribution < 1.29 is 14.3 Å². The second-order valence-electron chi connectivity index (χ2n) is 4.54. The van der Waals surface area contributed by atoms with Crippen LogP contribution >= 0.6 is 11.6 Å². The first-order chi connectivity index (χ1) is 10.6. The summed E-state index contributed by atoms with van der Waals surface area (Å²) < 4.78 is 5.27. The van der Waals surface area contributed by atoms with Gasteiger partial charge in [-0.15, -0.1) is 0 Å². The average Bonchev–Trinajstić information content (AvgIpc) is 2.52. The smallest absolute Gasteiger partial charge is 0.276 e. The van der Waals surface area contributed by atoms with Gasteiger partial charge in [-0.25, -0.2) is 0 Å². The molecule has 2 N–H and O–H groups in total. The maximum atomic E-state index is 11.9. The Morgan fingerprint density at radius 3 is 2.45 bits per heavy atom. The van der Waals surface area contributed by atoms with Gasteiger partial charge < -0.3 is 4.74 Å². The number of para-hydroxylation sites is 1. The molecule has 2 aromatic rings. The van der Waals surface area contributed by atoms with Crippen molar-refractivity contribution in [3.05, 3.63) is 64.7 Å². The summed E-state index contributed by atoms with van der Waals surface area (Å²) in [5.74, 6) is -0.462. The highest BCUT2D eigenvalue weighted by Gasteiger charge is 2.10. The number of halogens is 1. The molecule has 0 fully saturated rings. The summed E-state index contributed by atoms with van der Waals surface area (Å²) in [7, 11) is 0. The molecule has 22 heavy (non-hydrogen) atoms. The lowest BCUT2D eigenvalue weighted by atomic mass is 10.1. The molecule has 0 aromatic heterocycles. The maximum absolute atomic E-state index is 11.9. The van der Waals surface area contributed by atoms with Crippen molar-refractivity contribution in [1.82, 2.24) is 10.9 Å². The van der Waals surface area contributed by atoms with Crippen LogP contribution in [0.1, 0.15) is 15.9 Å². The Morgan fingerprint density at radius 1 is 1.05 bits per heavy atom. The van der Waals surface area contributed by atoms with Gasteiger partial charge in [0.15, 0.2) is 6.61 Å². The second-order valence-corrected chi connectivity index (χ2v) is 4.94. The lowest BCUT2D eigenvalue weighted by Gasteiger charge is -2.10. The van der Waals surface area contributed by atoms with Crippen LogP contribution in [0.25, 0.3) is 0 Å². The number of hydrogen-bond donors (Lipinski definition) is 2. The predicted molar refractivity (Wildman–Crippen MR) is 83.7 cm³/mol. The highest BCUT2D eigenvalue weighted by atomic mass is 35.5. The van der Waals surface area contributed by atoms with Crippen LogP contribution in [-0.2, 0) is 4.79 Å². The number of benzene rings is 2. The number of hydrogen-bond acceptors (Lipinski definition) is 3. The van der Waals surface area contributed by atoms with Crippen molar-refractivity contribution in [3.8, 4) is 5.75 Å². The molecule has 0 saturated carbocycles. The van der Waals surface area contributed by atoms with Gasteiger partial charge >= 0.3 is 0 Å². The van der Waals surface area contributed by atoms with E-state index in [1.165, 1.54) is 0 Å². The van der Waals surface area contributed by atoms with Crippen LogP contribution in [0.15, 0.2) is 48.5 Å². The molecule has 0 aliphatic rings. The average molecular weight is 319 g/mol. The summed E-state index contributed by atoms with van der Waals surface area (Å²) in [5.41, 5.74) is 5.95. The fourth-order valence-electron chi connectivity index (χ4n) is 1.76. The summed E-state index contributed by atoms with van der Waals surface area (Å²) in [6.07, 6.45) is 0. The third-order valence-corrected chi connectivity index (χ3v) is 3.21. The largest absolute Gasteiger partial charge is 0.482 e. The molecular formula is C16H15ClN2O3. The van der Waals surface area contributed by atoms with Gasteiger partial charge in [-0.05, 0) is 30.7 Å². The summed E-state index contributed by atoms with van der Waals surface area (Å²) in [4.78, 5) is 23.6. The van der Waals surface area contributed by atoms with Crippen molar-refractivity contribution >= 4 is 23.4 Å². The number of aryl methyl sites for hydroxylation is 1. The van der Waals surface area contributed by atoms with Crippen molar-refractivity contribution in [2.24, 2.45) is 0 Å². The quantitative estimate of drug-likeness (QED) is 0.851. The van der Waals surface area contributed by atoms with Crippen LogP contribution in [0.4, 0.5) is 0 Å². The van der Waals surface area contributed by atoms with Gasteiger partial charge in [0, 0.05) is 5.56 Å². The lowest BCUT2D eigenvalue weighted by molar-refractivity contribution is -0.123. The number of nitrogens with one attached hydrogen (secondary N) is 2. The molecule has 0 spiro atoms. The highest BCUT2D eigenvalue weighted by molar-refractivity contribution is 6.32. The highest BCUT2D eigenvalue weighted by Crippen LogP contribution is 2.22. The van der Waals surface area contributed by atoms with E-state index >= 15 is 0 Å². The van der Waals surface area contributed by atoms with Crippen molar-refractivity contribution in [1.29, 1.82) is 0 Å². The van der Waals surface area contributed by atoms with Crippen molar-refractivity contribution in [2.75, 3.05) is 6.61 Å². The van der Waals surface area contributed by atoms with Gasteiger partial charge in [0.05, 0.1) is 5.02 Å². The molecule has 5 nitrogen and oxygen atoms in total. The number of hydrazine groups is 1. The molecule has 114 valence electrons. The number of ether oxygens (including phenoxy) is 1. The van der Waals surface area contributed by atoms with Crippen LogP contribution in [0.5, 0.6) is 5.75 Å². The molecule has 0 unspecified atom stereocenters. The minimum Gasteiger partial charge on any atom is -0.482 e. The number of amides is 2. The van der Waals surface area contributed by atoms with E-state index in [0.717, 1.165) is 5.56 Å². The number of carbonyl (C=O) groups excluding carboxylic acids is 2. The second kappa shape index (κ2) is 7.47. The number of rotatable bonds is 4. The van der Waals surface area contributed by atoms with Crippen LogP contribution in [0, 0.1) is 6.92 Å². The SMILES string of the molecule is Cc1ccccc1C(=O)NNC(=O)COc1ccccc1Cl. The van der Waals surface area contributed by atoms with Gasteiger partial charge in [-0.3, -0.25) is 20.4 Å². The van der Waals surface area contributed by atoms with E-state index in [1.807, 2.05) is 19.1 Å². The Morgan fingerprint density at radius 2 is 1.73 bits per heavy atom. The normalized spacial score (nSPS) is 9.91. The van der Waals surface area contributed by atoms with Gasteiger partial charge in [0.2, 0.25) is 0 Å². The molecule has 0 bridgehead atoms. The van der Waals surface area contributed by atoms with E-state index < -0.39 is 5.91 Å². The molecule has 2 aromatic carbocycles. The molecule has 0 radical (unpaired) electrons. The monoisotopic (exact) mass is 318 g/mol. The molecule has 2 rings (SSSR count). The Bertz CT molecular complexity index is 689. The zero-order valence-electron chi connectivity index (χ0n) is 11.9. The standard InChI is InChI=1S/C16H15ClN2O3/c1-11-6-2-3-7-12(11)16(21)19-18-15(20)10-22-14-9-5-4-8-13(14)17/h2-9H,10H2,1H3,(H,18,20)(H,19,21). The van der Waals surface area contributed by atoms with E-state index in [4.69, 9.17) is 16.3 Å². The van der Waals surface area contributed by atoms with Gasteiger partial charge in [-0.2, -0.15) is 0 Å². The zero-order chi connectivity index (χ0) is 15.9. The van der Waals surface area contributed by atoms with Gasteiger partial charge in [0.25, 0.3) is 11.8 Å². The van der Waals surface area contributed by atoms with Gasteiger partial charge in [-0.1, -0.05) is 41.9 Å². The van der Waals surface area contributed by atoms with Crippen molar-refractivity contribution in [2.45, 2.75) is 6.92 Å². The molecule has 0 saturated heterocycles. The third kappa shape index (κ3) is 4.23. The molecule has 0 atom stereocenters. The molecule has 2 amide bonds. The Kier molecular flexibility index (Phi) is 5.38. The molecule has 0 aliphatic carbocycles. The first-order valence-electron chi connectivity index (χ1n) is 6.60. The predicted octanol–water partition coefficient (Wildman–Crippen LogP) is 2.49. The maximum Gasteiger partial charge on any atom is 0.276 e. The third-order valence-electron chi connectivity index (χ3n) is 2.90. The van der Waals surface area contributed by atoms with E-state index in [0.29, 0.717) is 16.3 Å². The minimum absolute atomic E-state index is 0.252. The minimum atomic E-state index is -0.484. The molecule has 6 heteroatoms. The van der Waals surface area contributed by atoms with E-state index in [2.05, 4.69) is 10.9 Å². The van der Waals surface area contributed by atoms with Crippen LogP contribution in [0.3, 0.4) is 0 Å². The van der Waals surface area contributed by atoms with E-state index in [1.54, 1.807) is 36.4 Å². The zero-order valence-corrected chi connectivity index (χ0v) is 12.7. The fraction of sp³-hybridized carbons (Fsp3) is 0.125. The number of carbonyl (C=O) groups is 2. The fourth-order valence-corrected chi connectivity index (χ4v) is 1.95. The Labute approximate surface area is 133 Å². The summed E-state index contributed by atoms with van der Waals surface area (Å²) in [6.45, 7) is 1.56. The summed E-state index contributed by atoms with van der Waals surface area (Å²) in [6, 6.07) is 13.9. The molecular weight excluding hydrogens is 304 g/mol. The van der Waals surface area contributed by atoms with Crippen LogP contribution in [-0.4, -0.2) is 18.4 Å². The van der Waals surface area contributed by atoms with E-state index in [9.17, 15) is 9.59 Å². The van der Waals surface area contributed by atoms with Gasteiger partial charge in [0.1, 0.15) is 5.75 Å². The topological polar surface area (TPSA) is 67.4 Å². The lowest BCUT2D eigenvalue weighted by Crippen LogP contribution is -2.44. The summed E-state index contributed by atoms with van der Waals surface area (Å²) in [5, 5.41) is 0.416.